The maximum absolute atomic E-state index is 12.0. The first-order chi connectivity index (χ1) is 10.6. The van der Waals surface area contributed by atoms with Gasteiger partial charge in [0.1, 0.15) is 5.75 Å². The summed E-state index contributed by atoms with van der Waals surface area (Å²) in [5, 5.41) is 6.42. The molecule has 0 aliphatic carbocycles. The highest BCUT2D eigenvalue weighted by Crippen LogP contribution is 2.34. The number of amides is 1. The molecular weight excluding hydrogens is 288 g/mol. The van der Waals surface area contributed by atoms with Gasteiger partial charge in [0.25, 0.3) is 5.91 Å². The summed E-state index contributed by atoms with van der Waals surface area (Å²) < 4.78 is 20.7. The Morgan fingerprint density at radius 2 is 1.73 bits per heavy atom. The van der Waals surface area contributed by atoms with E-state index in [0.29, 0.717) is 22.9 Å². The fourth-order valence-corrected chi connectivity index (χ4v) is 1.96. The molecule has 0 unspecified atom stereocenters. The van der Waals surface area contributed by atoms with Crippen molar-refractivity contribution < 1.29 is 23.5 Å². The largest absolute Gasteiger partial charge is 0.496 e. The van der Waals surface area contributed by atoms with Crippen LogP contribution in [0.15, 0.2) is 22.7 Å². The lowest BCUT2D eigenvalue weighted by atomic mass is 10.1. The van der Waals surface area contributed by atoms with Crippen molar-refractivity contribution in [2.75, 3.05) is 21.3 Å². The molecule has 0 aliphatic heterocycles. The topological polar surface area (TPSA) is 82.8 Å². The molecule has 1 aromatic carbocycles. The maximum atomic E-state index is 12.0. The Bertz CT molecular complexity index is 666. The summed E-state index contributed by atoms with van der Waals surface area (Å²) in [4.78, 5) is 12.0. The van der Waals surface area contributed by atoms with Gasteiger partial charge in [0.2, 0.25) is 5.76 Å². The van der Waals surface area contributed by atoms with Crippen molar-refractivity contribution in [3.8, 4) is 17.2 Å². The molecule has 118 valence electrons. The first-order valence-corrected chi connectivity index (χ1v) is 6.59. The maximum Gasteiger partial charge on any atom is 0.290 e. The van der Waals surface area contributed by atoms with E-state index in [1.54, 1.807) is 46.5 Å². The van der Waals surface area contributed by atoms with Gasteiger partial charge in [-0.05, 0) is 13.0 Å². The minimum Gasteiger partial charge on any atom is -0.496 e. The summed E-state index contributed by atoms with van der Waals surface area (Å²) in [7, 11) is 4.64. The van der Waals surface area contributed by atoms with Crippen LogP contribution in [-0.4, -0.2) is 32.4 Å². The Kier molecular flexibility index (Phi) is 4.88. The van der Waals surface area contributed by atoms with Gasteiger partial charge in [0, 0.05) is 24.2 Å². The number of carbonyl (C=O) groups is 1. The van der Waals surface area contributed by atoms with Gasteiger partial charge >= 0.3 is 0 Å². The van der Waals surface area contributed by atoms with Gasteiger partial charge in [-0.3, -0.25) is 4.79 Å². The van der Waals surface area contributed by atoms with E-state index in [0.717, 1.165) is 5.56 Å². The van der Waals surface area contributed by atoms with Gasteiger partial charge in [-0.1, -0.05) is 5.16 Å². The Labute approximate surface area is 128 Å². The van der Waals surface area contributed by atoms with Crippen molar-refractivity contribution in [1.82, 2.24) is 10.5 Å². The second-order valence-electron chi connectivity index (χ2n) is 4.53. The van der Waals surface area contributed by atoms with E-state index in [2.05, 4.69) is 10.5 Å². The lowest BCUT2D eigenvalue weighted by Gasteiger charge is -2.14. The first kappa shape index (κ1) is 15.7. The number of carbonyl (C=O) groups excluding carboxylic acids is 1. The van der Waals surface area contributed by atoms with Crippen LogP contribution in [0.4, 0.5) is 0 Å². The molecule has 0 aliphatic rings. The Balaban J connectivity index is 2.16. The van der Waals surface area contributed by atoms with E-state index in [1.807, 2.05) is 0 Å². The van der Waals surface area contributed by atoms with Gasteiger partial charge in [0.05, 0.1) is 27.0 Å². The fraction of sp³-hybridized carbons (Fsp3) is 0.333. The number of benzene rings is 1. The van der Waals surface area contributed by atoms with Gasteiger partial charge in [-0.2, -0.15) is 0 Å². The first-order valence-electron chi connectivity index (χ1n) is 6.59. The number of aryl methyl sites for hydroxylation is 1. The highest BCUT2D eigenvalue weighted by molar-refractivity contribution is 5.91. The molecule has 22 heavy (non-hydrogen) atoms. The molecule has 7 nitrogen and oxygen atoms in total. The van der Waals surface area contributed by atoms with Crippen LogP contribution in [0, 0.1) is 6.92 Å². The number of nitrogens with one attached hydrogen (secondary N) is 1. The molecule has 1 heterocycles. The van der Waals surface area contributed by atoms with Crippen molar-refractivity contribution in [2.45, 2.75) is 13.5 Å². The minimum atomic E-state index is -0.350. The van der Waals surface area contributed by atoms with Crippen molar-refractivity contribution in [1.29, 1.82) is 0 Å². The molecule has 7 heteroatoms. The summed E-state index contributed by atoms with van der Waals surface area (Å²) in [6, 6.07) is 5.03. The molecule has 0 bridgehead atoms. The molecule has 0 radical (unpaired) electrons. The molecule has 1 aromatic heterocycles. The lowest BCUT2D eigenvalue weighted by Crippen LogP contribution is -2.22. The highest BCUT2D eigenvalue weighted by atomic mass is 16.5. The summed E-state index contributed by atoms with van der Waals surface area (Å²) in [6.45, 7) is 2.00. The lowest BCUT2D eigenvalue weighted by molar-refractivity contribution is 0.0913. The summed E-state index contributed by atoms with van der Waals surface area (Å²) >= 11 is 0. The third kappa shape index (κ3) is 3.30. The second kappa shape index (κ2) is 6.84. The van der Waals surface area contributed by atoms with Crippen LogP contribution >= 0.6 is 0 Å². The Hall–Kier alpha value is -2.70. The summed E-state index contributed by atoms with van der Waals surface area (Å²) in [6.07, 6.45) is 0. The number of hydrogen-bond donors (Lipinski definition) is 1. The van der Waals surface area contributed by atoms with Crippen molar-refractivity contribution in [2.24, 2.45) is 0 Å². The van der Waals surface area contributed by atoms with Crippen LogP contribution in [0.2, 0.25) is 0 Å². The van der Waals surface area contributed by atoms with E-state index < -0.39 is 0 Å². The molecule has 0 fully saturated rings. The zero-order valence-corrected chi connectivity index (χ0v) is 12.9. The molecular formula is C15H18N2O5. The molecule has 0 saturated heterocycles. The highest BCUT2D eigenvalue weighted by Gasteiger charge is 2.15. The number of hydrogen-bond acceptors (Lipinski definition) is 6. The standard InChI is InChI=1S/C15H18N2O5/c1-9-5-14(22-17-9)15(18)16-8-10-6-12(20-3)13(21-4)7-11(10)19-2/h5-7H,8H2,1-4H3,(H,16,18). The average molecular weight is 306 g/mol. The second-order valence-corrected chi connectivity index (χ2v) is 4.53. The predicted molar refractivity (Wildman–Crippen MR) is 78.5 cm³/mol. The number of rotatable bonds is 6. The zero-order valence-electron chi connectivity index (χ0n) is 12.9. The third-order valence-electron chi connectivity index (χ3n) is 3.08. The molecule has 0 spiro atoms. The SMILES string of the molecule is COc1cc(OC)c(OC)cc1CNC(=O)c1cc(C)no1. The summed E-state index contributed by atoms with van der Waals surface area (Å²) in [5.41, 5.74) is 1.40. The normalized spacial score (nSPS) is 10.2. The quantitative estimate of drug-likeness (QED) is 0.878. The van der Waals surface area contributed by atoms with Gasteiger partial charge in [0.15, 0.2) is 11.5 Å². The smallest absolute Gasteiger partial charge is 0.290 e. The van der Waals surface area contributed by atoms with Crippen LogP contribution in [0.1, 0.15) is 21.8 Å². The van der Waals surface area contributed by atoms with E-state index in [-0.39, 0.29) is 18.2 Å². The number of nitrogens with zero attached hydrogens (tertiary/aromatic N) is 1. The average Bonchev–Trinajstić information content (AvgIpc) is 2.98. The van der Waals surface area contributed by atoms with E-state index >= 15 is 0 Å². The molecule has 0 saturated carbocycles. The predicted octanol–water partition coefficient (Wildman–Crippen LogP) is 1.94. The number of methoxy groups -OCH3 is 3. The van der Waals surface area contributed by atoms with Crippen molar-refractivity contribution in [3.05, 3.63) is 35.2 Å². The molecule has 0 atom stereocenters. The third-order valence-corrected chi connectivity index (χ3v) is 3.08. The van der Waals surface area contributed by atoms with Crippen molar-refractivity contribution >= 4 is 5.91 Å². The van der Waals surface area contributed by atoms with Crippen LogP contribution < -0.4 is 19.5 Å². The van der Waals surface area contributed by atoms with Gasteiger partial charge in [-0.15, -0.1) is 0 Å². The van der Waals surface area contributed by atoms with E-state index in [9.17, 15) is 4.79 Å². The minimum absolute atomic E-state index is 0.164. The van der Waals surface area contributed by atoms with Crippen molar-refractivity contribution in [3.63, 3.8) is 0 Å². The molecule has 1 amide bonds. The van der Waals surface area contributed by atoms with Crippen LogP contribution in [0.5, 0.6) is 17.2 Å². The number of aromatic nitrogens is 1. The van der Waals surface area contributed by atoms with Gasteiger partial charge < -0.3 is 24.1 Å². The van der Waals surface area contributed by atoms with E-state index in [4.69, 9.17) is 18.7 Å². The monoisotopic (exact) mass is 306 g/mol. The Morgan fingerprint density at radius 3 is 2.27 bits per heavy atom. The van der Waals surface area contributed by atoms with Crippen LogP contribution in [0.25, 0.3) is 0 Å². The van der Waals surface area contributed by atoms with Crippen LogP contribution in [0.3, 0.4) is 0 Å². The van der Waals surface area contributed by atoms with Crippen LogP contribution in [-0.2, 0) is 6.54 Å². The Morgan fingerprint density at radius 1 is 1.09 bits per heavy atom. The van der Waals surface area contributed by atoms with E-state index in [1.165, 1.54) is 0 Å². The summed E-state index contributed by atoms with van der Waals surface area (Å²) in [5.74, 6) is 1.52. The molecule has 2 rings (SSSR count). The molecule has 2 aromatic rings. The number of ether oxygens (including phenoxy) is 3. The molecule has 1 N–H and O–H groups in total. The van der Waals surface area contributed by atoms with Gasteiger partial charge in [-0.25, -0.2) is 0 Å². The fourth-order valence-electron chi connectivity index (χ4n) is 1.96. The zero-order chi connectivity index (χ0) is 16.1.